The van der Waals surface area contributed by atoms with Crippen LogP contribution in [-0.4, -0.2) is 56.4 Å². The third-order valence-corrected chi connectivity index (χ3v) is 7.24. The largest absolute Gasteiger partial charge is 0.486 e. The van der Waals surface area contributed by atoms with Gasteiger partial charge in [-0.05, 0) is 31.2 Å². The fraction of sp³-hybridized carbons (Fsp3) is 0.409. The van der Waals surface area contributed by atoms with Crippen LogP contribution in [0.1, 0.15) is 36.7 Å². The number of benzene rings is 2. The number of amides is 1. The van der Waals surface area contributed by atoms with Crippen LogP contribution in [0.4, 0.5) is 4.39 Å². The van der Waals surface area contributed by atoms with Crippen molar-refractivity contribution in [3.8, 4) is 11.5 Å². The van der Waals surface area contributed by atoms with Gasteiger partial charge in [-0.25, -0.2) is 12.8 Å². The number of fused-ring (bicyclic) bond motifs is 1. The Labute approximate surface area is 182 Å². The number of carbonyl (C=O) groups is 1. The number of ether oxygens (including phenoxy) is 2. The Morgan fingerprint density at radius 3 is 2.42 bits per heavy atom. The summed E-state index contributed by atoms with van der Waals surface area (Å²) in [6.07, 6.45) is 0. The Kier molecular flexibility index (Phi) is 7.17. The number of carbonyl (C=O) groups excluding carboxylic acids is 1. The molecule has 7 nitrogen and oxygen atoms in total. The highest BCUT2D eigenvalue weighted by Gasteiger charge is 2.27. The van der Waals surface area contributed by atoms with Crippen LogP contribution >= 0.6 is 0 Å². The first-order valence-corrected chi connectivity index (χ1v) is 11.7. The molecule has 1 amide bonds. The molecule has 0 fully saturated rings. The van der Waals surface area contributed by atoms with E-state index in [4.69, 9.17) is 9.47 Å². The van der Waals surface area contributed by atoms with Crippen LogP contribution in [-0.2, 0) is 16.6 Å². The molecule has 0 unspecified atom stereocenters. The summed E-state index contributed by atoms with van der Waals surface area (Å²) in [6, 6.07) is 8.75. The molecule has 0 saturated carbocycles. The molecule has 1 aliphatic heterocycles. The van der Waals surface area contributed by atoms with E-state index in [0.29, 0.717) is 31.3 Å². The normalized spacial score (nSPS) is 13.3. The van der Waals surface area contributed by atoms with Gasteiger partial charge < -0.3 is 14.4 Å². The van der Waals surface area contributed by atoms with Gasteiger partial charge in [0, 0.05) is 31.7 Å². The Hall–Kier alpha value is -2.65. The van der Waals surface area contributed by atoms with E-state index in [2.05, 4.69) is 0 Å². The number of halogens is 1. The van der Waals surface area contributed by atoms with Crippen LogP contribution in [0.2, 0.25) is 0 Å². The first-order chi connectivity index (χ1) is 14.8. The lowest BCUT2D eigenvalue weighted by molar-refractivity contribution is 0.0744. The molecule has 0 aliphatic carbocycles. The van der Waals surface area contributed by atoms with Gasteiger partial charge in [-0.15, -0.1) is 0 Å². The standard InChI is InChI=1S/C22H27FN2O5S/c1-4-24(15-16-8-7-9-20-21(16)30-13-12-29-20)22(26)18-14-17(10-11-19(18)23)31(27,28)25(5-2)6-3/h7-11,14H,4-6,12-13,15H2,1-3H3. The predicted molar refractivity (Wildman–Crippen MR) is 114 cm³/mol. The summed E-state index contributed by atoms with van der Waals surface area (Å²) in [5, 5.41) is 0. The maximum Gasteiger partial charge on any atom is 0.257 e. The number of rotatable bonds is 8. The predicted octanol–water partition coefficient (Wildman–Crippen LogP) is 3.29. The SMILES string of the molecule is CCN(Cc1cccc2c1OCCO2)C(=O)c1cc(S(=O)(=O)N(CC)CC)ccc1F. The average molecular weight is 451 g/mol. The minimum Gasteiger partial charge on any atom is -0.486 e. The first kappa shape index (κ1) is 23.0. The summed E-state index contributed by atoms with van der Waals surface area (Å²) < 4.78 is 52.8. The number of para-hydroxylation sites is 1. The molecule has 1 aliphatic rings. The Morgan fingerprint density at radius 1 is 1.03 bits per heavy atom. The summed E-state index contributed by atoms with van der Waals surface area (Å²) in [5.74, 6) is -0.188. The third-order valence-electron chi connectivity index (χ3n) is 5.19. The highest BCUT2D eigenvalue weighted by Crippen LogP contribution is 2.34. The van der Waals surface area contributed by atoms with E-state index in [1.54, 1.807) is 32.9 Å². The molecular weight excluding hydrogens is 423 g/mol. The summed E-state index contributed by atoms with van der Waals surface area (Å²) >= 11 is 0. The molecule has 0 bridgehead atoms. The molecule has 31 heavy (non-hydrogen) atoms. The van der Waals surface area contributed by atoms with Gasteiger partial charge in [0.25, 0.3) is 5.91 Å². The lowest BCUT2D eigenvalue weighted by atomic mass is 10.1. The van der Waals surface area contributed by atoms with Crippen molar-refractivity contribution in [1.82, 2.24) is 9.21 Å². The maximum absolute atomic E-state index is 14.6. The van der Waals surface area contributed by atoms with Crippen LogP contribution in [0.5, 0.6) is 11.5 Å². The van der Waals surface area contributed by atoms with Crippen LogP contribution in [0.15, 0.2) is 41.3 Å². The Balaban J connectivity index is 1.93. The monoisotopic (exact) mass is 450 g/mol. The topological polar surface area (TPSA) is 76.1 Å². The quantitative estimate of drug-likeness (QED) is 0.617. The van der Waals surface area contributed by atoms with E-state index in [1.165, 1.54) is 15.3 Å². The molecule has 2 aromatic carbocycles. The van der Waals surface area contributed by atoms with Crippen molar-refractivity contribution in [3.63, 3.8) is 0 Å². The van der Waals surface area contributed by atoms with Crippen molar-refractivity contribution in [1.29, 1.82) is 0 Å². The van der Waals surface area contributed by atoms with Crippen LogP contribution in [0.3, 0.4) is 0 Å². The first-order valence-electron chi connectivity index (χ1n) is 10.3. The van der Waals surface area contributed by atoms with Gasteiger partial charge in [-0.3, -0.25) is 4.79 Å². The van der Waals surface area contributed by atoms with Gasteiger partial charge in [0.05, 0.1) is 10.5 Å². The number of hydrogen-bond donors (Lipinski definition) is 0. The van der Waals surface area contributed by atoms with E-state index < -0.39 is 21.7 Å². The molecule has 168 valence electrons. The number of sulfonamides is 1. The van der Waals surface area contributed by atoms with Crippen molar-refractivity contribution in [2.75, 3.05) is 32.8 Å². The fourth-order valence-electron chi connectivity index (χ4n) is 3.50. The van der Waals surface area contributed by atoms with Crippen molar-refractivity contribution in [2.45, 2.75) is 32.2 Å². The zero-order valence-electron chi connectivity index (χ0n) is 17.9. The smallest absolute Gasteiger partial charge is 0.257 e. The van der Waals surface area contributed by atoms with Gasteiger partial charge in [-0.2, -0.15) is 4.31 Å². The molecule has 0 radical (unpaired) electrons. The second-order valence-corrected chi connectivity index (χ2v) is 8.93. The van der Waals surface area contributed by atoms with Gasteiger partial charge in [0.1, 0.15) is 19.0 Å². The van der Waals surface area contributed by atoms with E-state index in [0.717, 1.165) is 17.7 Å². The van der Waals surface area contributed by atoms with E-state index in [1.807, 2.05) is 6.07 Å². The number of hydrogen-bond acceptors (Lipinski definition) is 5. The van der Waals surface area contributed by atoms with Crippen molar-refractivity contribution in [3.05, 3.63) is 53.3 Å². The molecule has 0 N–H and O–H groups in total. The Morgan fingerprint density at radius 2 is 1.74 bits per heavy atom. The van der Waals surface area contributed by atoms with E-state index in [9.17, 15) is 17.6 Å². The van der Waals surface area contributed by atoms with Crippen LogP contribution < -0.4 is 9.47 Å². The highest BCUT2D eigenvalue weighted by molar-refractivity contribution is 7.89. The Bertz CT molecular complexity index is 1050. The highest BCUT2D eigenvalue weighted by atomic mass is 32.2. The molecule has 0 atom stereocenters. The van der Waals surface area contributed by atoms with Crippen molar-refractivity contribution < 1.29 is 27.1 Å². The molecule has 3 rings (SSSR count). The molecule has 2 aromatic rings. The third kappa shape index (κ3) is 4.67. The van der Waals surface area contributed by atoms with E-state index in [-0.39, 0.29) is 30.1 Å². The van der Waals surface area contributed by atoms with Gasteiger partial charge in [0.15, 0.2) is 11.5 Å². The average Bonchev–Trinajstić information content (AvgIpc) is 2.78. The fourth-order valence-corrected chi connectivity index (χ4v) is 4.99. The zero-order chi connectivity index (χ0) is 22.6. The van der Waals surface area contributed by atoms with Gasteiger partial charge >= 0.3 is 0 Å². The van der Waals surface area contributed by atoms with Crippen LogP contribution in [0, 0.1) is 5.82 Å². The summed E-state index contributed by atoms with van der Waals surface area (Å²) in [7, 11) is -3.82. The summed E-state index contributed by atoms with van der Waals surface area (Å²) in [5.41, 5.74) is 0.455. The molecule has 1 heterocycles. The van der Waals surface area contributed by atoms with Crippen molar-refractivity contribution >= 4 is 15.9 Å². The molecule has 0 spiro atoms. The molecule has 0 aromatic heterocycles. The molecule has 9 heteroatoms. The second kappa shape index (κ2) is 9.65. The molecular formula is C22H27FN2O5S. The summed E-state index contributed by atoms with van der Waals surface area (Å²) in [6.45, 7) is 7.12. The minimum absolute atomic E-state index is 0.106. The minimum atomic E-state index is -3.82. The zero-order valence-corrected chi connectivity index (χ0v) is 18.7. The number of nitrogens with zero attached hydrogens (tertiary/aromatic N) is 2. The lowest BCUT2D eigenvalue weighted by Gasteiger charge is -2.26. The second-order valence-electron chi connectivity index (χ2n) is 6.99. The van der Waals surface area contributed by atoms with Gasteiger partial charge in [0.2, 0.25) is 10.0 Å². The lowest BCUT2D eigenvalue weighted by Crippen LogP contribution is -2.33. The van der Waals surface area contributed by atoms with E-state index >= 15 is 0 Å². The van der Waals surface area contributed by atoms with Crippen molar-refractivity contribution in [2.24, 2.45) is 0 Å². The van der Waals surface area contributed by atoms with Gasteiger partial charge in [-0.1, -0.05) is 26.0 Å². The molecule has 0 saturated heterocycles. The summed E-state index contributed by atoms with van der Waals surface area (Å²) in [4.78, 5) is 14.5. The van der Waals surface area contributed by atoms with Crippen LogP contribution in [0.25, 0.3) is 0 Å². The maximum atomic E-state index is 14.6.